The molecule has 1 heterocycles. The van der Waals surface area contributed by atoms with Crippen LogP contribution in [0.1, 0.15) is 18.5 Å². The highest BCUT2D eigenvalue weighted by atomic mass is 19.1. The van der Waals surface area contributed by atoms with Gasteiger partial charge in [0.1, 0.15) is 11.6 Å². The van der Waals surface area contributed by atoms with Gasteiger partial charge >= 0.3 is 5.69 Å². The molecule has 0 aliphatic heterocycles. The maximum atomic E-state index is 13.0. The Morgan fingerprint density at radius 3 is 2.41 bits per heavy atom. The first-order chi connectivity index (χ1) is 10.6. The van der Waals surface area contributed by atoms with E-state index in [9.17, 15) is 14.3 Å². The summed E-state index contributed by atoms with van der Waals surface area (Å²) in [6, 6.07) is 12.1. The molecule has 3 aromatic rings. The maximum absolute atomic E-state index is 13.0. The average molecular weight is 299 g/mol. The van der Waals surface area contributed by atoms with Crippen LogP contribution < -0.4 is 5.69 Å². The minimum atomic E-state index is -0.347. The Morgan fingerprint density at radius 1 is 1.14 bits per heavy atom. The minimum Gasteiger partial charge on any atom is -0.508 e. The zero-order valence-electron chi connectivity index (χ0n) is 11.8. The summed E-state index contributed by atoms with van der Waals surface area (Å²) in [5.41, 5.74) is 1.15. The third-order valence-electron chi connectivity index (χ3n) is 3.57. The van der Waals surface area contributed by atoms with Crippen molar-refractivity contribution in [1.82, 2.24) is 14.8 Å². The Hall–Kier alpha value is -2.89. The predicted molar refractivity (Wildman–Crippen MR) is 80.2 cm³/mol. The van der Waals surface area contributed by atoms with Gasteiger partial charge in [-0.15, -0.1) is 0 Å². The molecule has 1 atom stereocenters. The lowest BCUT2D eigenvalue weighted by molar-refractivity contribution is 0.475. The second-order valence-electron chi connectivity index (χ2n) is 5.00. The average Bonchev–Trinajstić information content (AvgIpc) is 2.90. The molecule has 112 valence electrons. The molecule has 0 bridgehead atoms. The van der Waals surface area contributed by atoms with E-state index in [4.69, 9.17) is 0 Å². The molecule has 0 unspecified atom stereocenters. The molecule has 0 aliphatic rings. The van der Waals surface area contributed by atoms with Crippen molar-refractivity contribution < 1.29 is 9.50 Å². The summed E-state index contributed by atoms with van der Waals surface area (Å²) >= 11 is 0. The van der Waals surface area contributed by atoms with E-state index in [1.54, 1.807) is 24.3 Å². The number of aromatic nitrogens is 3. The highest BCUT2D eigenvalue weighted by molar-refractivity contribution is 5.56. The van der Waals surface area contributed by atoms with E-state index in [1.165, 1.54) is 28.8 Å². The van der Waals surface area contributed by atoms with Crippen LogP contribution in [-0.4, -0.2) is 19.9 Å². The molecule has 1 aromatic heterocycles. The smallest absolute Gasteiger partial charge is 0.344 e. The van der Waals surface area contributed by atoms with Gasteiger partial charge in [0.2, 0.25) is 0 Å². The fourth-order valence-corrected chi connectivity index (χ4v) is 2.37. The van der Waals surface area contributed by atoms with E-state index < -0.39 is 0 Å². The predicted octanol–water partition coefficient (Wildman–Crippen LogP) is 2.69. The number of halogens is 1. The first-order valence-corrected chi connectivity index (χ1v) is 6.78. The summed E-state index contributed by atoms with van der Waals surface area (Å²) in [6.07, 6.45) is 0. The molecule has 2 N–H and O–H groups in total. The van der Waals surface area contributed by atoms with Crippen LogP contribution in [0.2, 0.25) is 0 Å². The summed E-state index contributed by atoms with van der Waals surface area (Å²) in [7, 11) is 0. The number of nitrogens with zero attached hydrogens (tertiary/aromatic N) is 2. The van der Waals surface area contributed by atoms with Crippen molar-refractivity contribution in [1.29, 1.82) is 0 Å². The van der Waals surface area contributed by atoms with E-state index >= 15 is 0 Å². The summed E-state index contributed by atoms with van der Waals surface area (Å²) < 4.78 is 14.5. The second kappa shape index (κ2) is 5.48. The molecule has 5 nitrogen and oxygen atoms in total. The van der Waals surface area contributed by atoms with Gasteiger partial charge in [0, 0.05) is 5.56 Å². The largest absolute Gasteiger partial charge is 0.508 e. The fourth-order valence-electron chi connectivity index (χ4n) is 2.37. The van der Waals surface area contributed by atoms with E-state index in [0.29, 0.717) is 11.4 Å². The van der Waals surface area contributed by atoms with Crippen molar-refractivity contribution in [2.75, 3.05) is 0 Å². The Morgan fingerprint density at radius 2 is 1.77 bits per heavy atom. The van der Waals surface area contributed by atoms with Crippen molar-refractivity contribution in [3.05, 3.63) is 70.4 Å². The number of hydrogen-bond donors (Lipinski definition) is 2. The van der Waals surface area contributed by atoms with Crippen molar-refractivity contribution >= 4 is 0 Å². The number of hydrogen-bond acceptors (Lipinski definition) is 3. The number of benzene rings is 2. The van der Waals surface area contributed by atoms with Gasteiger partial charge < -0.3 is 5.11 Å². The van der Waals surface area contributed by atoms with Gasteiger partial charge in [-0.05, 0) is 48.9 Å². The third-order valence-corrected chi connectivity index (χ3v) is 3.57. The first-order valence-electron chi connectivity index (χ1n) is 6.78. The highest BCUT2D eigenvalue weighted by Gasteiger charge is 2.17. The summed E-state index contributed by atoms with van der Waals surface area (Å²) in [6.45, 7) is 1.84. The zero-order chi connectivity index (χ0) is 15.7. The van der Waals surface area contributed by atoms with Crippen LogP contribution in [0, 0.1) is 5.82 Å². The van der Waals surface area contributed by atoms with E-state index in [0.717, 1.165) is 5.56 Å². The lowest BCUT2D eigenvalue weighted by Crippen LogP contribution is -2.22. The molecule has 0 spiro atoms. The quantitative estimate of drug-likeness (QED) is 0.781. The van der Waals surface area contributed by atoms with Crippen molar-refractivity contribution in [2.45, 2.75) is 13.0 Å². The van der Waals surface area contributed by atoms with Gasteiger partial charge in [0.15, 0.2) is 5.82 Å². The molecular formula is C16H14FN3O2. The molecule has 0 fully saturated rings. The molecule has 0 saturated heterocycles. The van der Waals surface area contributed by atoms with Crippen LogP contribution in [0.15, 0.2) is 53.3 Å². The SMILES string of the molecule is C[C@H](c1ccc(F)cc1)n1c(-c2ccc(O)cc2)n[nH]c1=O. The van der Waals surface area contributed by atoms with Crippen molar-refractivity contribution in [3.8, 4) is 17.1 Å². The fraction of sp³-hybridized carbons (Fsp3) is 0.125. The highest BCUT2D eigenvalue weighted by Crippen LogP contribution is 2.24. The number of aromatic amines is 1. The lowest BCUT2D eigenvalue weighted by Gasteiger charge is -2.15. The second-order valence-corrected chi connectivity index (χ2v) is 5.00. The van der Waals surface area contributed by atoms with E-state index in [2.05, 4.69) is 10.2 Å². The van der Waals surface area contributed by atoms with Crippen LogP contribution >= 0.6 is 0 Å². The monoisotopic (exact) mass is 299 g/mol. The Labute approximate surface area is 125 Å². The minimum absolute atomic E-state index is 0.139. The van der Waals surface area contributed by atoms with Gasteiger partial charge in [-0.2, -0.15) is 5.10 Å². The van der Waals surface area contributed by atoms with E-state index in [-0.39, 0.29) is 23.3 Å². The van der Waals surface area contributed by atoms with Gasteiger partial charge in [-0.1, -0.05) is 12.1 Å². The Bertz CT molecular complexity index is 835. The summed E-state index contributed by atoms with van der Waals surface area (Å²) in [5, 5.41) is 15.8. The molecule has 0 radical (unpaired) electrons. The Balaban J connectivity index is 2.07. The number of nitrogens with one attached hydrogen (secondary N) is 1. The molecule has 0 aliphatic carbocycles. The maximum Gasteiger partial charge on any atom is 0.344 e. The normalized spacial score (nSPS) is 12.3. The number of phenolic OH excluding ortho intramolecular Hbond substituents is 1. The van der Waals surface area contributed by atoms with Crippen LogP contribution in [0.5, 0.6) is 5.75 Å². The number of rotatable bonds is 3. The van der Waals surface area contributed by atoms with Crippen molar-refractivity contribution in [3.63, 3.8) is 0 Å². The molecular weight excluding hydrogens is 285 g/mol. The van der Waals surface area contributed by atoms with E-state index in [1.807, 2.05) is 6.92 Å². The summed E-state index contributed by atoms with van der Waals surface area (Å²) in [4.78, 5) is 12.1. The molecule has 22 heavy (non-hydrogen) atoms. The topological polar surface area (TPSA) is 70.9 Å². The number of H-pyrrole nitrogens is 1. The van der Waals surface area contributed by atoms with Gasteiger partial charge in [-0.3, -0.25) is 4.57 Å². The number of phenols is 1. The molecule has 0 amide bonds. The molecule has 2 aromatic carbocycles. The zero-order valence-corrected chi connectivity index (χ0v) is 11.8. The van der Waals surface area contributed by atoms with Crippen LogP contribution in [0.3, 0.4) is 0 Å². The van der Waals surface area contributed by atoms with Gasteiger partial charge in [0.05, 0.1) is 6.04 Å². The summed E-state index contributed by atoms with van der Waals surface area (Å²) in [5.74, 6) is 0.274. The van der Waals surface area contributed by atoms with Crippen LogP contribution in [0.25, 0.3) is 11.4 Å². The van der Waals surface area contributed by atoms with Gasteiger partial charge in [0.25, 0.3) is 0 Å². The molecule has 0 saturated carbocycles. The number of aromatic hydroxyl groups is 1. The first kappa shape index (κ1) is 14.1. The van der Waals surface area contributed by atoms with Gasteiger partial charge in [-0.25, -0.2) is 14.3 Å². The Kier molecular flexibility index (Phi) is 3.50. The molecule has 3 rings (SSSR count). The van der Waals surface area contributed by atoms with Crippen molar-refractivity contribution in [2.24, 2.45) is 0 Å². The van der Waals surface area contributed by atoms with Crippen LogP contribution in [-0.2, 0) is 0 Å². The lowest BCUT2D eigenvalue weighted by atomic mass is 10.1. The third kappa shape index (κ3) is 2.50. The molecule has 6 heteroatoms. The van der Waals surface area contributed by atoms with Crippen LogP contribution in [0.4, 0.5) is 4.39 Å². The standard InChI is InChI=1S/C16H14FN3O2/c1-10(11-2-6-13(17)7-3-11)20-15(18-19-16(20)22)12-4-8-14(21)9-5-12/h2-10,21H,1H3,(H,19,22)/t10-/m1/s1.